The normalized spacial score (nSPS) is 18.8. The maximum atomic E-state index is 12.3. The summed E-state index contributed by atoms with van der Waals surface area (Å²) in [6, 6.07) is 1.67. The van der Waals surface area contributed by atoms with E-state index in [1.165, 1.54) is 21.5 Å². The second kappa shape index (κ2) is 5.27. The quantitative estimate of drug-likeness (QED) is 0.832. The van der Waals surface area contributed by atoms with Crippen LogP contribution in [-0.2, 0) is 29.4 Å². The minimum absolute atomic E-state index is 0.0967. The number of nitrogens with one attached hydrogen (secondary N) is 1. The summed E-state index contributed by atoms with van der Waals surface area (Å²) in [7, 11) is -3.50. The number of aromatic amines is 1. The second-order valence-corrected chi connectivity index (χ2v) is 8.00. The Bertz CT molecular complexity index is 882. The standard InChI is InChI=1S/C14H17N5O3S/c20-14-4-11-2-1-3-12(11)17-19(14)8-10-6-18(7-10)23(21,22)13-5-15-9-16-13/h4-5,9-10H,1-3,6-8H2,(H,15,16). The Hall–Kier alpha value is -2.00. The van der Waals surface area contributed by atoms with Crippen LogP contribution in [0.2, 0.25) is 0 Å². The summed E-state index contributed by atoms with van der Waals surface area (Å²) in [6.07, 6.45) is 5.54. The molecule has 2 aromatic heterocycles. The van der Waals surface area contributed by atoms with Crippen LogP contribution < -0.4 is 5.56 Å². The molecule has 1 aliphatic heterocycles. The van der Waals surface area contributed by atoms with Crippen molar-refractivity contribution in [2.24, 2.45) is 5.92 Å². The molecule has 2 aliphatic rings. The zero-order valence-corrected chi connectivity index (χ0v) is 13.3. The molecule has 8 nitrogen and oxygen atoms in total. The number of H-pyrrole nitrogens is 1. The van der Waals surface area contributed by atoms with Gasteiger partial charge in [0.05, 0.1) is 24.8 Å². The molecule has 1 N–H and O–H groups in total. The fourth-order valence-corrected chi connectivity index (χ4v) is 4.66. The van der Waals surface area contributed by atoms with Crippen LogP contribution in [0.5, 0.6) is 0 Å². The van der Waals surface area contributed by atoms with Gasteiger partial charge in [0.25, 0.3) is 15.6 Å². The van der Waals surface area contributed by atoms with Gasteiger partial charge in [0.15, 0.2) is 5.03 Å². The molecule has 4 rings (SSSR count). The van der Waals surface area contributed by atoms with Crippen molar-refractivity contribution in [2.45, 2.75) is 30.8 Å². The van der Waals surface area contributed by atoms with Crippen LogP contribution in [0, 0.1) is 5.92 Å². The van der Waals surface area contributed by atoms with Gasteiger partial charge in [0.2, 0.25) is 0 Å². The van der Waals surface area contributed by atoms with Gasteiger partial charge in [0.1, 0.15) is 0 Å². The fourth-order valence-electron chi connectivity index (χ4n) is 3.17. The maximum absolute atomic E-state index is 12.3. The first-order valence-corrected chi connectivity index (χ1v) is 9.06. The molecule has 0 unspecified atom stereocenters. The lowest BCUT2D eigenvalue weighted by Gasteiger charge is -2.37. The van der Waals surface area contributed by atoms with Gasteiger partial charge in [-0.3, -0.25) is 4.79 Å². The number of sulfonamides is 1. The number of aryl methyl sites for hydroxylation is 2. The van der Waals surface area contributed by atoms with E-state index in [4.69, 9.17) is 0 Å². The van der Waals surface area contributed by atoms with Crippen molar-refractivity contribution >= 4 is 10.0 Å². The van der Waals surface area contributed by atoms with Crippen LogP contribution in [0.25, 0.3) is 0 Å². The molecule has 0 aromatic carbocycles. The first kappa shape index (κ1) is 14.6. The Morgan fingerprint density at radius 2 is 2.13 bits per heavy atom. The number of imidazole rings is 1. The van der Waals surface area contributed by atoms with Gasteiger partial charge in [-0.05, 0) is 24.8 Å². The van der Waals surface area contributed by atoms with Gasteiger partial charge in [0, 0.05) is 25.1 Å². The van der Waals surface area contributed by atoms with Crippen molar-refractivity contribution in [1.29, 1.82) is 0 Å². The zero-order valence-electron chi connectivity index (χ0n) is 12.5. The molecule has 2 aromatic rings. The van der Waals surface area contributed by atoms with Crippen molar-refractivity contribution in [3.8, 4) is 0 Å². The van der Waals surface area contributed by atoms with Crippen molar-refractivity contribution in [3.63, 3.8) is 0 Å². The summed E-state index contributed by atoms with van der Waals surface area (Å²) < 4.78 is 27.4. The number of aromatic nitrogens is 4. The summed E-state index contributed by atoms with van der Waals surface area (Å²) >= 11 is 0. The Morgan fingerprint density at radius 1 is 1.30 bits per heavy atom. The number of hydrogen-bond donors (Lipinski definition) is 1. The summed E-state index contributed by atoms with van der Waals surface area (Å²) in [4.78, 5) is 18.4. The van der Waals surface area contributed by atoms with E-state index < -0.39 is 10.0 Å². The molecule has 0 atom stereocenters. The summed E-state index contributed by atoms with van der Waals surface area (Å²) in [5.74, 6) is 0.109. The molecule has 1 fully saturated rings. The van der Waals surface area contributed by atoms with Crippen LogP contribution in [-0.4, -0.2) is 45.6 Å². The molecule has 9 heteroatoms. The lowest BCUT2D eigenvalue weighted by atomic mass is 10.0. The van der Waals surface area contributed by atoms with Gasteiger partial charge >= 0.3 is 0 Å². The Balaban J connectivity index is 1.45. The summed E-state index contributed by atoms with van der Waals surface area (Å²) in [5, 5.41) is 4.53. The van der Waals surface area contributed by atoms with Gasteiger partial charge in [-0.1, -0.05) is 0 Å². The largest absolute Gasteiger partial charge is 0.335 e. The minimum Gasteiger partial charge on any atom is -0.335 e. The first-order chi connectivity index (χ1) is 11.0. The predicted molar refractivity (Wildman–Crippen MR) is 81.4 cm³/mol. The van der Waals surface area contributed by atoms with Gasteiger partial charge in [-0.2, -0.15) is 9.40 Å². The highest BCUT2D eigenvalue weighted by molar-refractivity contribution is 7.89. The molecule has 0 amide bonds. The van der Waals surface area contributed by atoms with Gasteiger partial charge in [-0.15, -0.1) is 0 Å². The Labute approximate surface area is 133 Å². The summed E-state index contributed by atoms with van der Waals surface area (Å²) in [5.41, 5.74) is 1.97. The lowest BCUT2D eigenvalue weighted by Crippen LogP contribution is -2.52. The van der Waals surface area contributed by atoms with Crippen LogP contribution in [0.4, 0.5) is 0 Å². The third kappa shape index (κ3) is 2.49. The van der Waals surface area contributed by atoms with E-state index in [1.54, 1.807) is 6.07 Å². The molecular formula is C14H17N5O3S. The number of rotatable bonds is 4. The fraction of sp³-hybridized carbons (Fsp3) is 0.500. The van der Waals surface area contributed by atoms with Crippen LogP contribution in [0.3, 0.4) is 0 Å². The van der Waals surface area contributed by atoms with Crippen molar-refractivity contribution in [2.75, 3.05) is 13.1 Å². The SMILES string of the molecule is O=c1cc2c(nn1CC1CN(S(=O)(=O)c3cnc[nH]3)C1)CCC2. The summed E-state index contributed by atoms with van der Waals surface area (Å²) in [6.45, 7) is 1.25. The van der Waals surface area contributed by atoms with Crippen LogP contribution in [0.1, 0.15) is 17.7 Å². The Morgan fingerprint density at radius 3 is 2.87 bits per heavy atom. The van der Waals surface area contributed by atoms with E-state index in [0.717, 1.165) is 30.5 Å². The molecule has 0 bridgehead atoms. The molecule has 1 saturated heterocycles. The third-order valence-corrected chi connectivity index (χ3v) is 6.23. The minimum atomic E-state index is -3.50. The van der Waals surface area contributed by atoms with Gasteiger partial charge < -0.3 is 4.98 Å². The number of hydrogen-bond acceptors (Lipinski definition) is 5. The van der Waals surface area contributed by atoms with Crippen molar-refractivity contribution in [1.82, 2.24) is 24.1 Å². The molecule has 1 aliphatic carbocycles. The van der Waals surface area contributed by atoms with E-state index in [0.29, 0.717) is 19.6 Å². The Kier molecular flexibility index (Phi) is 3.34. The van der Waals surface area contributed by atoms with E-state index in [9.17, 15) is 13.2 Å². The molecule has 3 heterocycles. The van der Waals surface area contributed by atoms with Crippen LogP contribution >= 0.6 is 0 Å². The molecule has 0 radical (unpaired) electrons. The van der Waals surface area contributed by atoms with Crippen molar-refractivity contribution in [3.05, 3.63) is 40.2 Å². The molecule has 0 saturated carbocycles. The van der Waals surface area contributed by atoms with E-state index >= 15 is 0 Å². The predicted octanol–water partition coefficient (Wildman–Crippen LogP) is -0.224. The molecule has 0 spiro atoms. The lowest BCUT2D eigenvalue weighted by molar-refractivity contribution is 0.172. The number of nitrogens with zero attached hydrogens (tertiary/aromatic N) is 4. The van der Waals surface area contributed by atoms with Crippen molar-refractivity contribution < 1.29 is 8.42 Å². The average Bonchev–Trinajstić information content (AvgIpc) is 3.12. The van der Waals surface area contributed by atoms with E-state index in [2.05, 4.69) is 15.1 Å². The van der Waals surface area contributed by atoms with Gasteiger partial charge in [-0.25, -0.2) is 18.1 Å². The zero-order chi connectivity index (χ0) is 16.0. The third-order valence-electron chi connectivity index (χ3n) is 4.47. The average molecular weight is 335 g/mol. The molecule has 122 valence electrons. The van der Waals surface area contributed by atoms with E-state index in [1.807, 2.05) is 0 Å². The highest BCUT2D eigenvalue weighted by Crippen LogP contribution is 2.25. The van der Waals surface area contributed by atoms with E-state index in [-0.39, 0.29) is 16.5 Å². The second-order valence-electron chi connectivity index (χ2n) is 6.09. The highest BCUT2D eigenvalue weighted by atomic mass is 32.2. The smallest absolute Gasteiger partial charge is 0.267 e. The molecule has 23 heavy (non-hydrogen) atoms. The number of fused-ring (bicyclic) bond motifs is 1. The monoisotopic (exact) mass is 335 g/mol. The van der Waals surface area contributed by atoms with Crippen LogP contribution in [0.15, 0.2) is 28.4 Å². The molecular weight excluding hydrogens is 318 g/mol. The maximum Gasteiger partial charge on any atom is 0.267 e. The highest BCUT2D eigenvalue weighted by Gasteiger charge is 2.37. The first-order valence-electron chi connectivity index (χ1n) is 7.62. The topological polar surface area (TPSA) is 101 Å².